The fraction of sp³-hybridized carbons (Fsp3) is 0.900. The highest BCUT2D eigenvalue weighted by atomic mass is 16.2. The molecular formula is C10H19NO. The Morgan fingerprint density at radius 3 is 2.58 bits per heavy atom. The minimum Gasteiger partial charge on any atom is -0.345 e. The number of hydrogen-bond donors (Lipinski definition) is 0. The molecule has 1 saturated carbocycles. The second kappa shape index (κ2) is 3.92. The number of rotatable bonds is 4. The summed E-state index contributed by atoms with van der Waals surface area (Å²) < 4.78 is 0. The first-order chi connectivity index (χ1) is 5.65. The molecule has 0 aromatic rings. The summed E-state index contributed by atoms with van der Waals surface area (Å²) in [6.07, 6.45) is 3.59. The summed E-state index contributed by atoms with van der Waals surface area (Å²) in [6, 6.07) is 0. The molecule has 2 nitrogen and oxygen atoms in total. The van der Waals surface area contributed by atoms with Gasteiger partial charge in [-0.15, -0.1) is 0 Å². The Hall–Kier alpha value is -0.530. The third-order valence-corrected chi connectivity index (χ3v) is 2.64. The van der Waals surface area contributed by atoms with Crippen molar-refractivity contribution in [3.8, 4) is 0 Å². The normalized spacial score (nSPS) is 18.9. The Labute approximate surface area is 74.9 Å². The van der Waals surface area contributed by atoms with Gasteiger partial charge in [-0.1, -0.05) is 13.8 Å². The number of hydrogen-bond acceptors (Lipinski definition) is 1. The summed E-state index contributed by atoms with van der Waals surface area (Å²) in [4.78, 5) is 13.5. The van der Waals surface area contributed by atoms with Crippen molar-refractivity contribution in [3.63, 3.8) is 0 Å². The largest absolute Gasteiger partial charge is 0.345 e. The molecule has 0 aliphatic heterocycles. The lowest BCUT2D eigenvalue weighted by molar-refractivity contribution is -0.133. The van der Waals surface area contributed by atoms with Crippen LogP contribution in [0, 0.1) is 11.8 Å². The molecular weight excluding hydrogens is 150 g/mol. The summed E-state index contributed by atoms with van der Waals surface area (Å²) >= 11 is 0. The quantitative estimate of drug-likeness (QED) is 0.629. The summed E-state index contributed by atoms with van der Waals surface area (Å²) in [6.45, 7) is 5.04. The molecule has 0 heterocycles. The molecule has 0 spiro atoms. The van der Waals surface area contributed by atoms with Crippen LogP contribution in [0.2, 0.25) is 0 Å². The van der Waals surface area contributed by atoms with Crippen molar-refractivity contribution in [2.45, 2.75) is 33.1 Å². The summed E-state index contributed by atoms with van der Waals surface area (Å²) in [7, 11) is 1.92. The molecule has 12 heavy (non-hydrogen) atoms. The lowest BCUT2D eigenvalue weighted by Gasteiger charge is -2.20. The zero-order valence-electron chi connectivity index (χ0n) is 8.34. The van der Waals surface area contributed by atoms with E-state index >= 15 is 0 Å². The predicted octanol–water partition coefficient (Wildman–Crippen LogP) is 1.90. The van der Waals surface area contributed by atoms with E-state index in [1.807, 2.05) is 18.9 Å². The highest BCUT2D eigenvalue weighted by Gasteiger charge is 2.25. The van der Waals surface area contributed by atoms with E-state index in [1.54, 1.807) is 0 Å². The van der Waals surface area contributed by atoms with Crippen molar-refractivity contribution in [2.24, 2.45) is 11.8 Å². The molecule has 0 aromatic heterocycles. The average molecular weight is 169 g/mol. The van der Waals surface area contributed by atoms with Crippen molar-refractivity contribution in [2.75, 3.05) is 13.6 Å². The van der Waals surface area contributed by atoms with Crippen molar-refractivity contribution in [1.82, 2.24) is 4.90 Å². The van der Waals surface area contributed by atoms with E-state index in [1.165, 1.54) is 12.8 Å². The van der Waals surface area contributed by atoms with Gasteiger partial charge in [0.05, 0.1) is 0 Å². The van der Waals surface area contributed by atoms with E-state index < -0.39 is 0 Å². The van der Waals surface area contributed by atoms with E-state index in [0.717, 1.165) is 18.9 Å². The molecule has 1 rings (SSSR count). The van der Waals surface area contributed by atoms with Crippen molar-refractivity contribution in [1.29, 1.82) is 0 Å². The van der Waals surface area contributed by atoms with Crippen LogP contribution < -0.4 is 0 Å². The maximum absolute atomic E-state index is 11.6. The van der Waals surface area contributed by atoms with Gasteiger partial charge >= 0.3 is 0 Å². The van der Waals surface area contributed by atoms with Crippen LogP contribution in [0.15, 0.2) is 0 Å². The molecule has 1 aliphatic rings. The van der Waals surface area contributed by atoms with Gasteiger partial charge in [0.15, 0.2) is 0 Å². The van der Waals surface area contributed by atoms with Gasteiger partial charge in [0.25, 0.3) is 0 Å². The number of nitrogens with zero attached hydrogens (tertiary/aromatic N) is 1. The maximum atomic E-state index is 11.6. The molecule has 0 bridgehead atoms. The van der Waals surface area contributed by atoms with Crippen LogP contribution in [0.25, 0.3) is 0 Å². The standard InChI is InChI=1S/C10H19NO/c1-4-8(2)10(12)11(3)7-9-5-6-9/h8-9H,4-7H2,1-3H3. The van der Waals surface area contributed by atoms with Crippen LogP contribution in [0.5, 0.6) is 0 Å². The summed E-state index contributed by atoms with van der Waals surface area (Å²) in [5.41, 5.74) is 0. The summed E-state index contributed by atoms with van der Waals surface area (Å²) in [5.74, 6) is 1.32. The summed E-state index contributed by atoms with van der Waals surface area (Å²) in [5, 5.41) is 0. The van der Waals surface area contributed by atoms with Gasteiger partial charge in [-0.05, 0) is 25.2 Å². The Bertz CT molecular complexity index is 163. The van der Waals surface area contributed by atoms with E-state index in [9.17, 15) is 4.79 Å². The maximum Gasteiger partial charge on any atom is 0.225 e. The van der Waals surface area contributed by atoms with Crippen LogP contribution in [-0.4, -0.2) is 24.4 Å². The fourth-order valence-electron chi connectivity index (χ4n) is 1.33. The first kappa shape index (κ1) is 9.56. The topological polar surface area (TPSA) is 20.3 Å². The van der Waals surface area contributed by atoms with Gasteiger partial charge in [0.2, 0.25) is 5.91 Å². The third kappa shape index (κ3) is 2.50. The molecule has 0 aromatic carbocycles. The first-order valence-electron chi connectivity index (χ1n) is 4.90. The SMILES string of the molecule is CCC(C)C(=O)N(C)CC1CC1. The molecule has 1 amide bonds. The second-order valence-electron chi connectivity index (χ2n) is 3.97. The molecule has 1 atom stereocenters. The molecule has 2 heteroatoms. The molecule has 0 N–H and O–H groups in total. The lowest BCUT2D eigenvalue weighted by Crippen LogP contribution is -2.32. The second-order valence-corrected chi connectivity index (χ2v) is 3.97. The van der Waals surface area contributed by atoms with Crippen LogP contribution >= 0.6 is 0 Å². The first-order valence-corrected chi connectivity index (χ1v) is 4.90. The van der Waals surface area contributed by atoms with Crippen LogP contribution in [-0.2, 0) is 4.79 Å². The van der Waals surface area contributed by atoms with Gasteiger partial charge in [0, 0.05) is 19.5 Å². The Balaban J connectivity index is 2.28. The molecule has 0 radical (unpaired) electrons. The van der Waals surface area contributed by atoms with Crippen molar-refractivity contribution in [3.05, 3.63) is 0 Å². The van der Waals surface area contributed by atoms with Gasteiger partial charge < -0.3 is 4.90 Å². The van der Waals surface area contributed by atoms with Crippen LogP contribution in [0.1, 0.15) is 33.1 Å². The Kier molecular flexibility index (Phi) is 3.12. The van der Waals surface area contributed by atoms with Gasteiger partial charge in [-0.2, -0.15) is 0 Å². The van der Waals surface area contributed by atoms with E-state index in [0.29, 0.717) is 5.91 Å². The van der Waals surface area contributed by atoms with E-state index in [4.69, 9.17) is 0 Å². The Morgan fingerprint density at radius 1 is 1.58 bits per heavy atom. The van der Waals surface area contributed by atoms with Gasteiger partial charge in [-0.25, -0.2) is 0 Å². The van der Waals surface area contributed by atoms with Crippen LogP contribution in [0.3, 0.4) is 0 Å². The fourth-order valence-corrected chi connectivity index (χ4v) is 1.33. The van der Waals surface area contributed by atoms with Crippen LogP contribution in [0.4, 0.5) is 0 Å². The number of amides is 1. The van der Waals surface area contributed by atoms with Gasteiger partial charge in [0.1, 0.15) is 0 Å². The Morgan fingerprint density at radius 2 is 2.17 bits per heavy atom. The molecule has 1 unspecified atom stereocenters. The van der Waals surface area contributed by atoms with E-state index in [-0.39, 0.29) is 5.92 Å². The highest BCUT2D eigenvalue weighted by Crippen LogP contribution is 2.29. The highest BCUT2D eigenvalue weighted by molar-refractivity contribution is 5.78. The lowest BCUT2D eigenvalue weighted by atomic mass is 10.1. The molecule has 70 valence electrons. The smallest absolute Gasteiger partial charge is 0.225 e. The van der Waals surface area contributed by atoms with Gasteiger partial charge in [-0.3, -0.25) is 4.79 Å². The van der Waals surface area contributed by atoms with Crippen molar-refractivity contribution >= 4 is 5.91 Å². The minimum absolute atomic E-state index is 0.203. The molecule has 0 saturated heterocycles. The predicted molar refractivity (Wildman–Crippen MR) is 49.8 cm³/mol. The zero-order valence-corrected chi connectivity index (χ0v) is 8.34. The number of carbonyl (C=O) groups excluding carboxylic acids is 1. The molecule has 1 fully saturated rings. The monoisotopic (exact) mass is 169 g/mol. The average Bonchev–Trinajstić information content (AvgIpc) is 2.85. The number of carbonyl (C=O) groups is 1. The zero-order chi connectivity index (χ0) is 9.14. The van der Waals surface area contributed by atoms with E-state index in [2.05, 4.69) is 6.92 Å². The van der Waals surface area contributed by atoms with Crippen molar-refractivity contribution < 1.29 is 4.79 Å². The third-order valence-electron chi connectivity index (χ3n) is 2.64. The minimum atomic E-state index is 0.203. The molecule has 1 aliphatic carbocycles.